The molecule has 2 aromatic carbocycles. The zero-order chi connectivity index (χ0) is 18.0. The first kappa shape index (κ1) is 17.3. The van der Waals surface area contributed by atoms with Crippen LogP contribution in [-0.2, 0) is 16.4 Å². The summed E-state index contributed by atoms with van der Waals surface area (Å²) in [5, 5.41) is 0. The Morgan fingerprint density at radius 2 is 2.00 bits per heavy atom. The minimum Gasteiger partial charge on any atom is -0.497 e. The largest absolute Gasteiger partial charge is 0.497 e. The summed E-state index contributed by atoms with van der Waals surface area (Å²) in [5.74, 6) is -0.00417. The zero-order valence-electron chi connectivity index (χ0n) is 14.0. The van der Waals surface area contributed by atoms with Crippen molar-refractivity contribution in [3.8, 4) is 11.5 Å². The summed E-state index contributed by atoms with van der Waals surface area (Å²) < 4.78 is 38.3. The van der Waals surface area contributed by atoms with E-state index in [0.717, 1.165) is 5.56 Å². The van der Waals surface area contributed by atoms with Gasteiger partial charge in [-0.25, -0.2) is 8.42 Å². The lowest BCUT2D eigenvalue weighted by molar-refractivity contribution is 0.102. The number of anilines is 1. The van der Waals surface area contributed by atoms with E-state index in [1.807, 2.05) is 6.92 Å². The highest BCUT2D eigenvalue weighted by atomic mass is 32.2. The van der Waals surface area contributed by atoms with Gasteiger partial charge in [0.05, 0.1) is 12.8 Å². The van der Waals surface area contributed by atoms with Gasteiger partial charge in [0.1, 0.15) is 23.4 Å². The Morgan fingerprint density at radius 3 is 2.68 bits per heavy atom. The molecule has 1 N–H and O–H groups in total. The minimum absolute atomic E-state index is 0.0451. The number of rotatable bonds is 6. The first-order valence-corrected chi connectivity index (χ1v) is 9.49. The molecule has 25 heavy (non-hydrogen) atoms. The Balaban J connectivity index is 1.84. The van der Waals surface area contributed by atoms with E-state index in [1.54, 1.807) is 42.5 Å². The Kier molecular flexibility index (Phi) is 4.67. The number of carbonyl (C=O) groups excluding carboxylic acids is 1. The summed E-state index contributed by atoms with van der Waals surface area (Å²) >= 11 is 0. The van der Waals surface area contributed by atoms with E-state index in [9.17, 15) is 13.2 Å². The number of fused-ring (bicyclic) bond motifs is 1. The van der Waals surface area contributed by atoms with Gasteiger partial charge in [0.15, 0.2) is 5.78 Å². The van der Waals surface area contributed by atoms with Crippen molar-refractivity contribution in [2.24, 2.45) is 0 Å². The first-order valence-electron chi connectivity index (χ1n) is 7.84. The van der Waals surface area contributed by atoms with Crippen LogP contribution >= 0.6 is 0 Å². The third-order valence-corrected chi connectivity index (χ3v) is 5.09. The molecule has 0 radical (unpaired) electrons. The van der Waals surface area contributed by atoms with Gasteiger partial charge in [0.2, 0.25) is 10.0 Å². The van der Waals surface area contributed by atoms with E-state index in [4.69, 9.17) is 9.47 Å². The summed E-state index contributed by atoms with van der Waals surface area (Å²) in [6, 6.07) is 11.7. The number of carbonyl (C=O) groups is 1. The Bertz CT molecular complexity index is 893. The van der Waals surface area contributed by atoms with Gasteiger partial charge in [-0.2, -0.15) is 0 Å². The van der Waals surface area contributed by atoms with Crippen molar-refractivity contribution in [1.29, 1.82) is 0 Å². The number of ether oxygens (including phenoxy) is 2. The van der Waals surface area contributed by atoms with Crippen LogP contribution in [0.1, 0.15) is 22.8 Å². The van der Waals surface area contributed by atoms with Gasteiger partial charge in [-0.05, 0) is 6.92 Å². The highest BCUT2D eigenvalue weighted by molar-refractivity contribution is 7.93. The third kappa shape index (κ3) is 3.93. The van der Waals surface area contributed by atoms with Crippen molar-refractivity contribution >= 4 is 21.5 Å². The lowest BCUT2D eigenvalue weighted by atomic mass is 10.1. The van der Waals surface area contributed by atoms with Crippen LogP contribution in [0.25, 0.3) is 0 Å². The number of sulfonamides is 1. The average Bonchev–Trinajstić information content (AvgIpc) is 2.95. The normalized spacial score (nSPS) is 16.0. The van der Waals surface area contributed by atoms with E-state index in [2.05, 4.69) is 4.72 Å². The van der Waals surface area contributed by atoms with Crippen molar-refractivity contribution in [3.63, 3.8) is 0 Å². The van der Waals surface area contributed by atoms with Crippen molar-refractivity contribution in [1.82, 2.24) is 0 Å². The predicted octanol–water partition coefficient (Wildman–Crippen LogP) is 2.64. The molecule has 0 bridgehead atoms. The second-order valence-electron chi connectivity index (χ2n) is 5.93. The molecule has 0 fully saturated rings. The van der Waals surface area contributed by atoms with Crippen LogP contribution in [0.2, 0.25) is 0 Å². The molecule has 0 saturated heterocycles. The second kappa shape index (κ2) is 6.76. The minimum atomic E-state index is -3.86. The summed E-state index contributed by atoms with van der Waals surface area (Å²) in [7, 11) is -2.36. The molecule has 1 atom stereocenters. The summed E-state index contributed by atoms with van der Waals surface area (Å²) in [6.45, 7) is 1.91. The average molecular weight is 361 g/mol. The van der Waals surface area contributed by atoms with Crippen molar-refractivity contribution < 1.29 is 22.7 Å². The van der Waals surface area contributed by atoms with Gasteiger partial charge >= 0.3 is 0 Å². The number of benzene rings is 2. The van der Waals surface area contributed by atoms with Gasteiger partial charge in [-0.15, -0.1) is 0 Å². The molecule has 0 amide bonds. The van der Waals surface area contributed by atoms with Crippen LogP contribution in [0.15, 0.2) is 42.5 Å². The Morgan fingerprint density at radius 1 is 1.28 bits per heavy atom. The number of hydrogen-bond acceptors (Lipinski definition) is 5. The maximum Gasteiger partial charge on any atom is 0.240 e. The van der Waals surface area contributed by atoms with Crippen molar-refractivity contribution in [3.05, 3.63) is 53.6 Å². The van der Waals surface area contributed by atoms with E-state index < -0.39 is 21.6 Å². The van der Waals surface area contributed by atoms with Crippen molar-refractivity contribution in [2.45, 2.75) is 19.4 Å². The van der Waals surface area contributed by atoms with Crippen LogP contribution in [0.3, 0.4) is 0 Å². The Labute approximate surface area is 146 Å². The van der Waals surface area contributed by atoms with Crippen LogP contribution in [0.4, 0.5) is 5.69 Å². The summed E-state index contributed by atoms with van der Waals surface area (Å²) in [5.41, 5.74) is 1.52. The van der Waals surface area contributed by atoms with E-state index in [1.165, 1.54) is 7.11 Å². The second-order valence-corrected chi connectivity index (χ2v) is 7.66. The van der Waals surface area contributed by atoms with E-state index in [0.29, 0.717) is 29.2 Å². The zero-order valence-corrected chi connectivity index (χ0v) is 14.8. The van der Waals surface area contributed by atoms with Gasteiger partial charge in [-0.3, -0.25) is 9.52 Å². The van der Waals surface area contributed by atoms with Crippen molar-refractivity contribution in [2.75, 3.05) is 17.6 Å². The smallest absolute Gasteiger partial charge is 0.240 e. The number of ketones is 1. The molecular weight excluding hydrogens is 342 g/mol. The standard InChI is InChI=1S/C18H19NO5S/c1-12-8-15-16(9-14(23-2)10-18(15)24-12)19-25(21,22)11-17(20)13-6-4-3-5-7-13/h3-7,9-10,12,19H,8,11H2,1-2H3. The molecule has 132 valence electrons. The van der Waals surface area contributed by atoms with Gasteiger partial charge in [0, 0.05) is 29.7 Å². The van der Waals surface area contributed by atoms with E-state index in [-0.39, 0.29) is 6.10 Å². The molecule has 1 unspecified atom stereocenters. The lowest BCUT2D eigenvalue weighted by Gasteiger charge is -2.12. The fourth-order valence-corrected chi connectivity index (χ4v) is 3.88. The number of hydrogen-bond donors (Lipinski definition) is 1. The molecule has 6 nitrogen and oxygen atoms in total. The maximum atomic E-state index is 12.5. The molecule has 1 aliphatic rings. The number of Topliss-reactive ketones (excluding diaryl/α,β-unsaturated/α-hetero) is 1. The monoisotopic (exact) mass is 361 g/mol. The SMILES string of the molecule is COc1cc(NS(=O)(=O)CC(=O)c2ccccc2)c2c(c1)OC(C)C2. The molecule has 0 aliphatic carbocycles. The van der Waals surface area contributed by atoms with Crippen LogP contribution in [0, 0.1) is 0 Å². The van der Waals surface area contributed by atoms with Gasteiger partial charge < -0.3 is 9.47 Å². The molecule has 1 aliphatic heterocycles. The molecule has 0 aromatic heterocycles. The Hall–Kier alpha value is -2.54. The summed E-state index contributed by atoms with van der Waals surface area (Å²) in [4.78, 5) is 12.2. The molecule has 2 aromatic rings. The quantitative estimate of drug-likeness (QED) is 0.800. The van der Waals surface area contributed by atoms with Crippen LogP contribution < -0.4 is 14.2 Å². The predicted molar refractivity (Wildman–Crippen MR) is 95.0 cm³/mol. The molecule has 0 saturated carbocycles. The molecular formula is C18H19NO5S. The molecule has 0 spiro atoms. The lowest BCUT2D eigenvalue weighted by Crippen LogP contribution is -2.23. The molecule has 1 heterocycles. The van der Waals surface area contributed by atoms with Crippen LogP contribution in [0.5, 0.6) is 11.5 Å². The molecule has 7 heteroatoms. The topological polar surface area (TPSA) is 81.7 Å². The van der Waals surface area contributed by atoms with Gasteiger partial charge in [-0.1, -0.05) is 30.3 Å². The third-order valence-electron chi connectivity index (χ3n) is 3.92. The molecule has 3 rings (SSSR count). The first-order chi connectivity index (χ1) is 11.9. The number of methoxy groups -OCH3 is 1. The van der Waals surface area contributed by atoms with Crippen LogP contribution in [-0.4, -0.2) is 33.2 Å². The van der Waals surface area contributed by atoms with E-state index >= 15 is 0 Å². The fourth-order valence-electron chi connectivity index (χ4n) is 2.77. The summed E-state index contributed by atoms with van der Waals surface area (Å²) in [6.07, 6.45) is 0.542. The maximum absolute atomic E-state index is 12.5. The highest BCUT2D eigenvalue weighted by Gasteiger charge is 2.26. The highest BCUT2D eigenvalue weighted by Crippen LogP contribution is 2.38. The number of nitrogens with one attached hydrogen (secondary N) is 1. The van der Waals surface area contributed by atoms with Gasteiger partial charge in [0.25, 0.3) is 0 Å². The fraction of sp³-hybridized carbons (Fsp3) is 0.278.